The van der Waals surface area contributed by atoms with E-state index in [4.69, 9.17) is 9.47 Å². The maximum absolute atomic E-state index is 12.7. The van der Waals surface area contributed by atoms with Gasteiger partial charge in [0.2, 0.25) is 0 Å². The van der Waals surface area contributed by atoms with Crippen LogP contribution >= 0.6 is 0 Å². The molecule has 2 aromatic carbocycles. The molecule has 2 atom stereocenters. The lowest BCUT2D eigenvalue weighted by atomic mass is 10.0. The van der Waals surface area contributed by atoms with Gasteiger partial charge in [0.25, 0.3) is 5.91 Å². The molecule has 4 heteroatoms. The van der Waals surface area contributed by atoms with Gasteiger partial charge in [-0.05, 0) is 37.5 Å². The first kappa shape index (κ1) is 17.6. The van der Waals surface area contributed by atoms with Crippen LogP contribution in [-0.2, 0) is 16.1 Å². The monoisotopic (exact) mass is 339 g/mol. The van der Waals surface area contributed by atoms with E-state index in [2.05, 4.69) is 5.32 Å². The van der Waals surface area contributed by atoms with Gasteiger partial charge in [-0.2, -0.15) is 0 Å². The molecule has 0 radical (unpaired) electrons. The van der Waals surface area contributed by atoms with Gasteiger partial charge in [0, 0.05) is 12.2 Å². The molecular formula is C21H25NO3. The fraction of sp³-hybridized carbons (Fsp3) is 0.381. The summed E-state index contributed by atoms with van der Waals surface area (Å²) in [5.74, 6) is -0.0438. The van der Waals surface area contributed by atoms with Crippen LogP contribution in [-0.4, -0.2) is 31.3 Å². The second kappa shape index (κ2) is 8.28. The minimum Gasteiger partial charge on any atom is -0.379 e. The Balaban J connectivity index is 1.63. The van der Waals surface area contributed by atoms with Crippen molar-refractivity contribution in [1.82, 2.24) is 5.32 Å². The zero-order valence-corrected chi connectivity index (χ0v) is 14.8. The summed E-state index contributed by atoms with van der Waals surface area (Å²) in [5, 5.41) is 3.14. The number of hydrogen-bond donors (Lipinski definition) is 1. The molecule has 2 aromatic rings. The first-order valence-electron chi connectivity index (χ1n) is 8.75. The molecular weight excluding hydrogens is 314 g/mol. The molecule has 1 aliphatic heterocycles. The predicted octanol–water partition coefficient (Wildman–Crippen LogP) is 3.41. The van der Waals surface area contributed by atoms with Crippen LogP contribution in [0, 0.1) is 13.8 Å². The minimum atomic E-state index is -0.135. The summed E-state index contributed by atoms with van der Waals surface area (Å²) >= 11 is 0. The third-order valence-electron chi connectivity index (χ3n) is 4.55. The summed E-state index contributed by atoms with van der Waals surface area (Å²) in [6.45, 7) is 5.66. The molecule has 132 valence electrons. The highest BCUT2D eigenvalue weighted by atomic mass is 16.5. The quantitative estimate of drug-likeness (QED) is 0.908. The van der Waals surface area contributed by atoms with Crippen molar-refractivity contribution in [3.8, 4) is 0 Å². The molecule has 0 bridgehead atoms. The number of hydrogen-bond acceptors (Lipinski definition) is 3. The molecule has 1 N–H and O–H groups in total. The Labute approximate surface area is 149 Å². The Bertz CT molecular complexity index is 714. The molecule has 1 heterocycles. The van der Waals surface area contributed by atoms with Crippen molar-refractivity contribution in [1.29, 1.82) is 0 Å². The summed E-state index contributed by atoms with van der Waals surface area (Å²) in [4.78, 5) is 12.7. The zero-order chi connectivity index (χ0) is 17.6. The molecule has 0 unspecified atom stereocenters. The maximum Gasteiger partial charge on any atom is 0.251 e. The van der Waals surface area contributed by atoms with Crippen molar-refractivity contribution in [2.45, 2.75) is 39.0 Å². The van der Waals surface area contributed by atoms with E-state index in [-0.39, 0.29) is 18.1 Å². The number of rotatable bonds is 5. The molecule has 25 heavy (non-hydrogen) atoms. The van der Waals surface area contributed by atoms with E-state index in [1.54, 1.807) is 0 Å². The number of nitrogens with one attached hydrogen (secondary N) is 1. The Hall–Kier alpha value is -2.17. The number of carbonyl (C=O) groups is 1. The first-order valence-corrected chi connectivity index (χ1v) is 8.75. The highest BCUT2D eigenvalue weighted by Gasteiger charge is 2.28. The van der Waals surface area contributed by atoms with Crippen LogP contribution in [0.2, 0.25) is 0 Å². The lowest BCUT2D eigenvalue weighted by Gasteiger charge is -2.32. The number of benzene rings is 2. The van der Waals surface area contributed by atoms with Crippen LogP contribution < -0.4 is 5.32 Å². The third kappa shape index (κ3) is 4.68. The van der Waals surface area contributed by atoms with Crippen LogP contribution in [0.15, 0.2) is 48.5 Å². The van der Waals surface area contributed by atoms with Crippen LogP contribution in [0.3, 0.4) is 0 Å². The summed E-state index contributed by atoms with van der Waals surface area (Å²) < 4.78 is 11.6. The third-order valence-corrected chi connectivity index (χ3v) is 4.55. The predicted molar refractivity (Wildman–Crippen MR) is 97.6 cm³/mol. The number of amides is 1. The minimum absolute atomic E-state index is 0.0364. The molecule has 1 aliphatic rings. The van der Waals surface area contributed by atoms with Gasteiger partial charge in [-0.3, -0.25) is 4.79 Å². The summed E-state index contributed by atoms with van der Waals surface area (Å²) in [5.41, 5.74) is 3.99. The van der Waals surface area contributed by atoms with Crippen molar-refractivity contribution in [3.05, 3.63) is 70.8 Å². The molecule has 4 nitrogen and oxygen atoms in total. The van der Waals surface area contributed by atoms with Gasteiger partial charge in [0.1, 0.15) is 6.10 Å². The molecule has 0 aliphatic carbocycles. The average Bonchev–Trinajstić information content (AvgIpc) is 2.61. The van der Waals surface area contributed by atoms with Crippen LogP contribution in [0.25, 0.3) is 0 Å². The normalized spacial score (nSPS) is 20.2. The van der Waals surface area contributed by atoms with Crippen LogP contribution in [0.4, 0.5) is 0 Å². The van der Waals surface area contributed by atoms with E-state index < -0.39 is 0 Å². The highest BCUT2D eigenvalue weighted by molar-refractivity contribution is 5.95. The van der Waals surface area contributed by atoms with E-state index >= 15 is 0 Å². The highest BCUT2D eigenvalue weighted by Crippen LogP contribution is 2.16. The smallest absolute Gasteiger partial charge is 0.251 e. The number of carbonyl (C=O) groups excluding carboxylic acids is 1. The number of ether oxygens (including phenoxy) is 2. The van der Waals surface area contributed by atoms with Crippen molar-refractivity contribution in [2.75, 3.05) is 13.2 Å². The van der Waals surface area contributed by atoms with E-state index in [1.807, 2.05) is 62.4 Å². The molecule has 0 saturated carbocycles. The standard InChI is InChI=1S/C21H25NO3/c1-15-8-9-18(16(2)12-15)21(23)22-19-10-11-24-14-20(19)25-13-17-6-4-3-5-7-17/h3-9,12,19-20H,10-11,13-14H2,1-2H3,(H,22,23)/t19-,20-/m1/s1. The van der Waals surface area contributed by atoms with Gasteiger partial charge in [0.05, 0.1) is 19.3 Å². The van der Waals surface area contributed by atoms with Gasteiger partial charge in [0.15, 0.2) is 0 Å². The second-order valence-electron chi connectivity index (χ2n) is 6.60. The Morgan fingerprint density at radius 1 is 1.20 bits per heavy atom. The SMILES string of the molecule is Cc1ccc(C(=O)N[C@@H]2CCOC[C@H]2OCc2ccccc2)c(C)c1. The largest absolute Gasteiger partial charge is 0.379 e. The summed E-state index contributed by atoms with van der Waals surface area (Å²) in [7, 11) is 0. The summed E-state index contributed by atoms with van der Waals surface area (Å²) in [6.07, 6.45) is 0.625. The van der Waals surface area contributed by atoms with Crippen molar-refractivity contribution >= 4 is 5.91 Å². The molecule has 1 saturated heterocycles. The van der Waals surface area contributed by atoms with Crippen molar-refractivity contribution in [3.63, 3.8) is 0 Å². The Morgan fingerprint density at radius 3 is 2.76 bits per heavy atom. The topological polar surface area (TPSA) is 47.6 Å². The van der Waals surface area contributed by atoms with E-state index in [1.165, 1.54) is 0 Å². The molecule has 3 rings (SSSR count). The molecule has 1 amide bonds. The fourth-order valence-corrected chi connectivity index (χ4v) is 3.13. The van der Waals surface area contributed by atoms with Crippen molar-refractivity contribution < 1.29 is 14.3 Å². The molecule has 0 aromatic heterocycles. The fourth-order valence-electron chi connectivity index (χ4n) is 3.13. The van der Waals surface area contributed by atoms with Crippen LogP contribution in [0.1, 0.15) is 33.5 Å². The Kier molecular flexibility index (Phi) is 5.84. The molecule has 1 fully saturated rings. The molecule has 0 spiro atoms. The van der Waals surface area contributed by atoms with Gasteiger partial charge in [-0.15, -0.1) is 0 Å². The second-order valence-corrected chi connectivity index (χ2v) is 6.60. The van der Waals surface area contributed by atoms with E-state index in [9.17, 15) is 4.79 Å². The summed E-state index contributed by atoms with van der Waals surface area (Å²) in [6, 6.07) is 15.9. The van der Waals surface area contributed by atoms with Gasteiger partial charge < -0.3 is 14.8 Å². The average molecular weight is 339 g/mol. The van der Waals surface area contributed by atoms with E-state index in [0.717, 1.165) is 28.7 Å². The number of aryl methyl sites for hydroxylation is 2. The lowest BCUT2D eigenvalue weighted by molar-refractivity contribution is -0.0736. The van der Waals surface area contributed by atoms with E-state index in [0.29, 0.717) is 19.8 Å². The van der Waals surface area contributed by atoms with Gasteiger partial charge in [-0.25, -0.2) is 0 Å². The maximum atomic E-state index is 12.7. The van der Waals surface area contributed by atoms with Crippen LogP contribution in [0.5, 0.6) is 0 Å². The van der Waals surface area contributed by atoms with Gasteiger partial charge >= 0.3 is 0 Å². The Morgan fingerprint density at radius 2 is 2.00 bits per heavy atom. The van der Waals surface area contributed by atoms with Crippen molar-refractivity contribution in [2.24, 2.45) is 0 Å². The lowest BCUT2D eigenvalue weighted by Crippen LogP contribution is -2.50. The first-order chi connectivity index (χ1) is 12.1. The zero-order valence-electron chi connectivity index (χ0n) is 14.8. The van der Waals surface area contributed by atoms with Gasteiger partial charge in [-0.1, -0.05) is 48.0 Å².